The molecule has 96 valence electrons. The summed E-state index contributed by atoms with van der Waals surface area (Å²) in [5.74, 6) is 0.251. The Kier molecular flexibility index (Phi) is 2.35. The number of aliphatic hydroxyl groups excluding tert-OH is 1. The van der Waals surface area contributed by atoms with E-state index in [1.165, 1.54) is 12.7 Å². The standard InChI is InChI=1S/C10H13N5O3/c11-9-8-10(13-3-12-9)15(4-14-8)7-1-5(17)6(2-16)18-7/h3-7,16-17H,1-2H2,(H2,11,12,13)/t5-,6+,7+/m0/s1/i5D. The molecular weight excluding hydrogens is 238 g/mol. The fourth-order valence-electron chi connectivity index (χ4n) is 2.02. The zero-order valence-electron chi connectivity index (χ0n) is 10.4. The Morgan fingerprint density at radius 2 is 2.39 bits per heavy atom. The molecule has 0 aromatic carbocycles. The van der Waals surface area contributed by atoms with E-state index in [1.807, 2.05) is 0 Å². The highest BCUT2D eigenvalue weighted by molar-refractivity contribution is 5.81. The second-order valence-electron chi connectivity index (χ2n) is 4.04. The van der Waals surface area contributed by atoms with Crippen LogP contribution in [0.4, 0.5) is 5.82 Å². The molecule has 8 heteroatoms. The lowest BCUT2D eigenvalue weighted by atomic mass is 10.2. The van der Waals surface area contributed by atoms with Crippen molar-refractivity contribution in [3.63, 3.8) is 0 Å². The maximum Gasteiger partial charge on any atom is 0.167 e. The van der Waals surface area contributed by atoms with Crippen molar-refractivity contribution in [2.24, 2.45) is 0 Å². The number of imidazole rings is 1. The Balaban J connectivity index is 2.00. The highest BCUT2D eigenvalue weighted by atomic mass is 16.5. The van der Waals surface area contributed by atoms with Gasteiger partial charge in [-0.05, 0) is 0 Å². The van der Waals surface area contributed by atoms with E-state index in [9.17, 15) is 5.11 Å². The summed E-state index contributed by atoms with van der Waals surface area (Å²) < 4.78 is 14.7. The van der Waals surface area contributed by atoms with Gasteiger partial charge >= 0.3 is 0 Å². The van der Waals surface area contributed by atoms with Gasteiger partial charge in [-0.15, -0.1) is 0 Å². The molecule has 0 unspecified atom stereocenters. The van der Waals surface area contributed by atoms with E-state index >= 15 is 0 Å². The Labute approximate surface area is 103 Å². The molecule has 1 fully saturated rings. The second kappa shape index (κ2) is 4.16. The lowest BCUT2D eigenvalue weighted by molar-refractivity contribution is -0.0432. The number of hydrogen-bond acceptors (Lipinski definition) is 7. The van der Waals surface area contributed by atoms with Gasteiger partial charge in [0.1, 0.15) is 24.2 Å². The zero-order chi connectivity index (χ0) is 13.6. The van der Waals surface area contributed by atoms with Crippen molar-refractivity contribution in [1.82, 2.24) is 19.5 Å². The summed E-state index contributed by atoms with van der Waals surface area (Å²) in [5.41, 5.74) is 6.58. The molecule has 0 saturated carbocycles. The summed E-state index contributed by atoms with van der Waals surface area (Å²) in [6.45, 7) is -0.430. The van der Waals surface area contributed by atoms with Crippen LogP contribution >= 0.6 is 0 Å². The smallest absolute Gasteiger partial charge is 0.167 e. The number of nitrogens with zero attached hydrogens (tertiary/aromatic N) is 4. The number of ether oxygens (including phenoxy) is 1. The highest BCUT2D eigenvalue weighted by Crippen LogP contribution is 2.30. The predicted octanol–water partition coefficient (Wildman–Crippen LogP) is -0.951. The maximum atomic E-state index is 9.84. The molecule has 1 aliphatic rings. The normalized spacial score (nSPS) is 32.9. The highest BCUT2D eigenvalue weighted by Gasteiger charge is 2.35. The first-order valence-corrected chi connectivity index (χ1v) is 5.44. The van der Waals surface area contributed by atoms with Crippen molar-refractivity contribution in [1.29, 1.82) is 0 Å². The quantitative estimate of drug-likeness (QED) is 0.630. The van der Waals surface area contributed by atoms with E-state index < -0.39 is 25.0 Å². The molecule has 3 heterocycles. The van der Waals surface area contributed by atoms with Crippen LogP contribution in [0.15, 0.2) is 12.7 Å². The molecule has 2 aromatic heterocycles. The van der Waals surface area contributed by atoms with Gasteiger partial charge in [-0.1, -0.05) is 0 Å². The van der Waals surface area contributed by atoms with Crippen molar-refractivity contribution < 1.29 is 16.3 Å². The van der Waals surface area contributed by atoms with E-state index in [4.69, 9.17) is 16.9 Å². The van der Waals surface area contributed by atoms with Crippen LogP contribution in [-0.4, -0.2) is 48.5 Å². The number of rotatable bonds is 2. The summed E-state index contributed by atoms with van der Waals surface area (Å²) in [5, 5.41) is 18.9. The Morgan fingerprint density at radius 1 is 1.56 bits per heavy atom. The van der Waals surface area contributed by atoms with E-state index in [1.54, 1.807) is 4.57 Å². The molecule has 0 bridgehead atoms. The number of aromatic nitrogens is 4. The van der Waals surface area contributed by atoms with Gasteiger partial charge in [0, 0.05) is 6.42 Å². The molecule has 1 saturated heterocycles. The summed E-state index contributed by atoms with van der Waals surface area (Å²) in [6.07, 6.45) is -0.646. The van der Waals surface area contributed by atoms with Crippen LogP contribution in [-0.2, 0) is 4.74 Å². The lowest BCUT2D eigenvalue weighted by Crippen LogP contribution is -2.24. The number of nitrogens with two attached hydrogens (primary N) is 1. The average molecular weight is 252 g/mol. The van der Waals surface area contributed by atoms with Crippen LogP contribution in [0.2, 0.25) is 0 Å². The van der Waals surface area contributed by atoms with E-state index in [0.29, 0.717) is 11.2 Å². The third-order valence-corrected chi connectivity index (χ3v) is 2.94. The molecular formula is C10H13N5O3. The van der Waals surface area contributed by atoms with E-state index in [2.05, 4.69) is 15.0 Å². The molecule has 0 spiro atoms. The van der Waals surface area contributed by atoms with Crippen molar-refractivity contribution in [2.75, 3.05) is 12.3 Å². The van der Waals surface area contributed by atoms with Crippen LogP contribution in [0, 0.1) is 0 Å². The molecule has 2 aromatic rings. The number of aliphatic hydroxyl groups is 2. The van der Waals surface area contributed by atoms with Crippen molar-refractivity contribution in [3.05, 3.63) is 12.7 Å². The monoisotopic (exact) mass is 252 g/mol. The van der Waals surface area contributed by atoms with Crippen LogP contribution in [0.5, 0.6) is 0 Å². The fourth-order valence-corrected chi connectivity index (χ4v) is 2.02. The number of anilines is 1. The van der Waals surface area contributed by atoms with E-state index in [0.717, 1.165) is 0 Å². The molecule has 4 N–H and O–H groups in total. The molecule has 3 rings (SSSR count). The SMILES string of the molecule is [2H][C@]1(O)C[C@H](n2cnc3c(N)ncnc32)O[C@@H]1CO. The first-order chi connectivity index (χ1) is 9.03. The van der Waals surface area contributed by atoms with Gasteiger partial charge in [-0.25, -0.2) is 15.0 Å². The molecule has 0 radical (unpaired) electrons. The average Bonchev–Trinajstić information content (AvgIpc) is 2.90. The Morgan fingerprint density at radius 3 is 3.11 bits per heavy atom. The zero-order valence-corrected chi connectivity index (χ0v) is 9.39. The van der Waals surface area contributed by atoms with Gasteiger partial charge in [0.15, 0.2) is 11.5 Å². The molecule has 18 heavy (non-hydrogen) atoms. The second-order valence-corrected chi connectivity index (χ2v) is 4.04. The predicted molar refractivity (Wildman–Crippen MR) is 61.4 cm³/mol. The summed E-state index contributed by atoms with van der Waals surface area (Å²) in [7, 11) is 0. The van der Waals surface area contributed by atoms with Gasteiger partial charge in [-0.2, -0.15) is 0 Å². The van der Waals surface area contributed by atoms with Gasteiger partial charge in [0.05, 0.1) is 20.4 Å². The summed E-state index contributed by atoms with van der Waals surface area (Å²) >= 11 is 0. The Hall–Kier alpha value is -1.77. The van der Waals surface area contributed by atoms with Crippen LogP contribution in [0.3, 0.4) is 0 Å². The number of nitrogen functional groups attached to an aromatic ring is 1. The topological polar surface area (TPSA) is 119 Å². The van der Waals surface area contributed by atoms with E-state index in [-0.39, 0.29) is 12.2 Å². The molecule has 8 nitrogen and oxygen atoms in total. The number of hydrogen-bond donors (Lipinski definition) is 3. The molecule has 1 aliphatic heterocycles. The van der Waals surface area contributed by atoms with Crippen LogP contribution in [0.25, 0.3) is 11.2 Å². The Bertz CT molecular complexity index is 616. The minimum absolute atomic E-state index is 0.00753. The fraction of sp³-hybridized carbons (Fsp3) is 0.500. The van der Waals surface area contributed by atoms with Gasteiger partial charge in [0.25, 0.3) is 0 Å². The van der Waals surface area contributed by atoms with Crippen molar-refractivity contribution in [3.8, 4) is 0 Å². The molecule has 3 atom stereocenters. The molecule has 0 amide bonds. The van der Waals surface area contributed by atoms with Crippen LogP contribution < -0.4 is 5.73 Å². The minimum atomic E-state index is -1.84. The minimum Gasteiger partial charge on any atom is -0.394 e. The lowest BCUT2D eigenvalue weighted by Gasteiger charge is -2.13. The maximum absolute atomic E-state index is 9.84. The van der Waals surface area contributed by atoms with Gasteiger partial charge < -0.3 is 20.7 Å². The van der Waals surface area contributed by atoms with Crippen molar-refractivity contribution in [2.45, 2.75) is 24.8 Å². The summed E-state index contributed by atoms with van der Waals surface area (Å²) in [6, 6.07) is 0. The third-order valence-electron chi connectivity index (χ3n) is 2.94. The van der Waals surface area contributed by atoms with Gasteiger partial charge in [0.2, 0.25) is 0 Å². The number of fused-ring (bicyclic) bond motifs is 1. The molecule has 0 aliphatic carbocycles. The summed E-state index contributed by atoms with van der Waals surface area (Å²) in [4.78, 5) is 12.0. The van der Waals surface area contributed by atoms with Crippen molar-refractivity contribution >= 4 is 17.0 Å². The van der Waals surface area contributed by atoms with Gasteiger partial charge in [-0.3, -0.25) is 4.57 Å². The third kappa shape index (κ3) is 1.62. The van der Waals surface area contributed by atoms with Crippen LogP contribution in [0.1, 0.15) is 14.0 Å². The largest absolute Gasteiger partial charge is 0.394 e. The first kappa shape index (κ1) is 10.2. The first-order valence-electron chi connectivity index (χ1n) is 5.94.